The van der Waals surface area contributed by atoms with Gasteiger partial charge in [0.05, 0.1) is 0 Å². The van der Waals surface area contributed by atoms with Crippen LogP contribution < -0.4 is 11.3 Å². The topological polar surface area (TPSA) is 38.0 Å². The lowest BCUT2D eigenvalue weighted by Crippen LogP contribution is -2.37. The van der Waals surface area contributed by atoms with Gasteiger partial charge >= 0.3 is 0 Å². The molecule has 2 aromatic rings. The molecule has 2 rings (SSSR count). The first-order valence-electron chi connectivity index (χ1n) is 6.94. The SMILES string of the molecule is Cc1ccc(CC(CCc2ccccc2)NN)c(Cl)c1. The van der Waals surface area contributed by atoms with Gasteiger partial charge in [-0.25, -0.2) is 0 Å². The predicted molar refractivity (Wildman–Crippen MR) is 85.8 cm³/mol. The Labute approximate surface area is 125 Å². The molecule has 1 atom stereocenters. The molecular weight excluding hydrogens is 268 g/mol. The Hall–Kier alpha value is -1.35. The van der Waals surface area contributed by atoms with Crippen LogP contribution in [0.4, 0.5) is 0 Å². The number of hydrogen-bond acceptors (Lipinski definition) is 2. The highest BCUT2D eigenvalue weighted by Gasteiger charge is 2.10. The number of aryl methyl sites for hydroxylation is 2. The Bertz CT molecular complexity index is 540. The summed E-state index contributed by atoms with van der Waals surface area (Å²) >= 11 is 6.28. The Morgan fingerprint density at radius 3 is 2.55 bits per heavy atom. The maximum absolute atomic E-state index is 6.28. The molecule has 2 aromatic carbocycles. The van der Waals surface area contributed by atoms with Crippen LogP contribution in [0.2, 0.25) is 5.02 Å². The van der Waals surface area contributed by atoms with E-state index < -0.39 is 0 Å². The van der Waals surface area contributed by atoms with Crippen LogP contribution in [0.1, 0.15) is 23.1 Å². The third-order valence-electron chi connectivity index (χ3n) is 3.53. The van der Waals surface area contributed by atoms with Crippen molar-refractivity contribution < 1.29 is 0 Å². The summed E-state index contributed by atoms with van der Waals surface area (Å²) in [5.41, 5.74) is 6.57. The molecule has 0 aliphatic carbocycles. The highest BCUT2D eigenvalue weighted by atomic mass is 35.5. The Morgan fingerprint density at radius 1 is 1.15 bits per heavy atom. The van der Waals surface area contributed by atoms with Crippen LogP contribution in [0.5, 0.6) is 0 Å². The smallest absolute Gasteiger partial charge is 0.0441 e. The van der Waals surface area contributed by atoms with Crippen LogP contribution in [-0.2, 0) is 12.8 Å². The minimum Gasteiger partial charge on any atom is -0.271 e. The largest absolute Gasteiger partial charge is 0.271 e. The van der Waals surface area contributed by atoms with Gasteiger partial charge in [0.15, 0.2) is 0 Å². The van der Waals surface area contributed by atoms with E-state index >= 15 is 0 Å². The molecule has 3 heteroatoms. The van der Waals surface area contributed by atoms with Gasteiger partial charge in [-0.15, -0.1) is 0 Å². The van der Waals surface area contributed by atoms with E-state index in [1.54, 1.807) is 0 Å². The van der Waals surface area contributed by atoms with Crippen LogP contribution in [0.25, 0.3) is 0 Å². The second kappa shape index (κ2) is 7.44. The van der Waals surface area contributed by atoms with Crippen molar-refractivity contribution in [1.82, 2.24) is 5.43 Å². The lowest BCUT2D eigenvalue weighted by atomic mass is 9.99. The van der Waals surface area contributed by atoms with Crippen molar-refractivity contribution in [3.8, 4) is 0 Å². The van der Waals surface area contributed by atoms with Crippen molar-refractivity contribution in [2.75, 3.05) is 0 Å². The van der Waals surface area contributed by atoms with Crippen LogP contribution >= 0.6 is 11.6 Å². The first-order chi connectivity index (χ1) is 9.69. The summed E-state index contributed by atoms with van der Waals surface area (Å²) in [6.07, 6.45) is 2.85. The van der Waals surface area contributed by atoms with E-state index in [0.29, 0.717) is 0 Å². The van der Waals surface area contributed by atoms with Crippen molar-refractivity contribution in [2.24, 2.45) is 5.84 Å². The molecule has 0 fully saturated rings. The third kappa shape index (κ3) is 4.34. The van der Waals surface area contributed by atoms with Crippen LogP contribution in [0, 0.1) is 6.92 Å². The molecule has 0 heterocycles. The predicted octanol–water partition coefficient (Wildman–Crippen LogP) is 3.66. The number of hydrogen-bond donors (Lipinski definition) is 2. The van der Waals surface area contributed by atoms with Gasteiger partial charge in [0.25, 0.3) is 0 Å². The molecule has 0 spiro atoms. The quantitative estimate of drug-likeness (QED) is 0.629. The standard InChI is InChI=1S/C17H21ClN2/c1-13-7-9-15(17(18)11-13)12-16(20-19)10-8-14-5-3-2-4-6-14/h2-7,9,11,16,20H,8,10,12,19H2,1H3. The minimum absolute atomic E-state index is 0.232. The van der Waals surface area contributed by atoms with Crippen molar-refractivity contribution in [3.05, 3.63) is 70.2 Å². The van der Waals surface area contributed by atoms with Gasteiger partial charge in [-0.1, -0.05) is 54.1 Å². The number of benzene rings is 2. The molecule has 1 unspecified atom stereocenters. The highest BCUT2D eigenvalue weighted by Crippen LogP contribution is 2.20. The Morgan fingerprint density at radius 2 is 1.90 bits per heavy atom. The van der Waals surface area contributed by atoms with E-state index in [9.17, 15) is 0 Å². The average molecular weight is 289 g/mol. The summed E-state index contributed by atoms with van der Waals surface area (Å²) in [5.74, 6) is 5.67. The van der Waals surface area contributed by atoms with E-state index in [0.717, 1.165) is 29.8 Å². The average Bonchev–Trinajstić information content (AvgIpc) is 2.46. The van der Waals surface area contributed by atoms with Gasteiger partial charge in [0, 0.05) is 11.1 Å². The summed E-state index contributed by atoms with van der Waals surface area (Å²) in [7, 11) is 0. The van der Waals surface area contributed by atoms with Crippen LogP contribution in [-0.4, -0.2) is 6.04 Å². The van der Waals surface area contributed by atoms with Gasteiger partial charge < -0.3 is 0 Å². The molecule has 0 amide bonds. The van der Waals surface area contributed by atoms with Crippen molar-refractivity contribution in [1.29, 1.82) is 0 Å². The fourth-order valence-corrected chi connectivity index (χ4v) is 2.63. The number of nitrogens with one attached hydrogen (secondary N) is 1. The first-order valence-corrected chi connectivity index (χ1v) is 7.32. The number of rotatable bonds is 6. The fourth-order valence-electron chi connectivity index (χ4n) is 2.31. The maximum Gasteiger partial charge on any atom is 0.0441 e. The molecule has 3 N–H and O–H groups in total. The van der Waals surface area contributed by atoms with Gasteiger partial charge in [-0.3, -0.25) is 11.3 Å². The number of halogens is 1. The molecule has 0 aliphatic rings. The molecule has 20 heavy (non-hydrogen) atoms. The van der Waals surface area contributed by atoms with Crippen molar-refractivity contribution in [3.63, 3.8) is 0 Å². The summed E-state index contributed by atoms with van der Waals surface area (Å²) in [6, 6.07) is 16.9. The maximum atomic E-state index is 6.28. The molecule has 0 aliphatic heterocycles. The molecule has 2 nitrogen and oxygen atoms in total. The highest BCUT2D eigenvalue weighted by molar-refractivity contribution is 6.31. The Kier molecular flexibility index (Phi) is 5.60. The molecule has 0 bridgehead atoms. The van der Waals surface area contributed by atoms with Gasteiger partial charge in [-0.05, 0) is 48.9 Å². The molecule has 106 valence electrons. The number of nitrogens with two attached hydrogens (primary N) is 1. The summed E-state index contributed by atoms with van der Waals surface area (Å²) in [4.78, 5) is 0. The van der Waals surface area contributed by atoms with Gasteiger partial charge in [0.2, 0.25) is 0 Å². The lowest BCUT2D eigenvalue weighted by Gasteiger charge is -2.17. The molecule has 0 aromatic heterocycles. The van der Waals surface area contributed by atoms with Crippen LogP contribution in [0.15, 0.2) is 48.5 Å². The molecule has 0 saturated carbocycles. The zero-order valence-electron chi connectivity index (χ0n) is 11.8. The van der Waals surface area contributed by atoms with E-state index in [1.165, 1.54) is 11.1 Å². The minimum atomic E-state index is 0.232. The second-order valence-electron chi connectivity index (χ2n) is 5.19. The third-order valence-corrected chi connectivity index (χ3v) is 3.89. The van der Waals surface area contributed by atoms with Crippen molar-refractivity contribution in [2.45, 2.75) is 32.2 Å². The van der Waals surface area contributed by atoms with Crippen LogP contribution in [0.3, 0.4) is 0 Å². The summed E-state index contributed by atoms with van der Waals surface area (Å²) in [5, 5.41) is 0.824. The second-order valence-corrected chi connectivity index (χ2v) is 5.59. The molecule has 0 radical (unpaired) electrons. The fraction of sp³-hybridized carbons (Fsp3) is 0.294. The summed E-state index contributed by atoms with van der Waals surface area (Å²) < 4.78 is 0. The van der Waals surface area contributed by atoms with E-state index in [-0.39, 0.29) is 6.04 Å². The van der Waals surface area contributed by atoms with E-state index in [2.05, 4.69) is 41.8 Å². The number of hydrazine groups is 1. The van der Waals surface area contributed by atoms with Gasteiger partial charge in [-0.2, -0.15) is 0 Å². The Balaban J connectivity index is 1.95. The van der Waals surface area contributed by atoms with Gasteiger partial charge in [0.1, 0.15) is 0 Å². The zero-order valence-corrected chi connectivity index (χ0v) is 12.5. The molecule has 0 saturated heterocycles. The summed E-state index contributed by atoms with van der Waals surface area (Å²) in [6.45, 7) is 2.05. The zero-order chi connectivity index (χ0) is 14.4. The monoisotopic (exact) mass is 288 g/mol. The van der Waals surface area contributed by atoms with E-state index in [1.807, 2.05) is 19.1 Å². The van der Waals surface area contributed by atoms with E-state index in [4.69, 9.17) is 17.4 Å². The normalized spacial score (nSPS) is 12.3. The van der Waals surface area contributed by atoms with Crippen molar-refractivity contribution >= 4 is 11.6 Å². The molecular formula is C17H21ClN2. The lowest BCUT2D eigenvalue weighted by molar-refractivity contribution is 0.491. The first kappa shape index (κ1) is 15.0.